The Morgan fingerprint density at radius 2 is 2.20 bits per heavy atom. The van der Waals surface area contributed by atoms with Crippen LogP contribution >= 0.6 is 0 Å². The Balaban J connectivity index is 2.34. The smallest absolute Gasteiger partial charge is 0.143 e. The quantitative estimate of drug-likeness (QED) is 0.715. The zero-order chi connectivity index (χ0) is 10.7. The van der Waals surface area contributed by atoms with Crippen molar-refractivity contribution in [3.63, 3.8) is 0 Å². The van der Waals surface area contributed by atoms with Crippen LogP contribution in [0.15, 0.2) is 12.3 Å². The van der Waals surface area contributed by atoms with Crippen LogP contribution in [0.1, 0.15) is 5.56 Å². The maximum Gasteiger partial charge on any atom is 0.143 e. The summed E-state index contributed by atoms with van der Waals surface area (Å²) >= 11 is 0. The van der Waals surface area contributed by atoms with Crippen LogP contribution in [0.3, 0.4) is 0 Å². The molecule has 0 atom stereocenters. The SMILES string of the molecule is N#Cc1c(N2CCOCC2)ccnc1N. The second kappa shape index (κ2) is 4.15. The predicted molar refractivity (Wildman–Crippen MR) is 56.4 cm³/mol. The van der Waals surface area contributed by atoms with Crippen molar-refractivity contribution in [3.8, 4) is 6.07 Å². The molecule has 2 rings (SSSR count). The maximum absolute atomic E-state index is 9.00. The molecule has 5 nitrogen and oxygen atoms in total. The number of rotatable bonds is 1. The minimum Gasteiger partial charge on any atom is -0.383 e. The van der Waals surface area contributed by atoms with Crippen LogP contribution in [-0.2, 0) is 4.74 Å². The zero-order valence-electron chi connectivity index (χ0n) is 8.31. The van der Waals surface area contributed by atoms with Crippen molar-refractivity contribution in [2.45, 2.75) is 0 Å². The van der Waals surface area contributed by atoms with E-state index in [0.29, 0.717) is 24.6 Å². The molecule has 1 aromatic heterocycles. The van der Waals surface area contributed by atoms with Crippen LogP contribution < -0.4 is 10.6 Å². The third-order valence-corrected chi connectivity index (χ3v) is 2.42. The minimum atomic E-state index is 0.293. The van der Waals surface area contributed by atoms with Gasteiger partial charge in [-0.3, -0.25) is 0 Å². The van der Waals surface area contributed by atoms with Gasteiger partial charge in [-0.05, 0) is 6.07 Å². The molecule has 0 bridgehead atoms. The van der Waals surface area contributed by atoms with Gasteiger partial charge in [0.05, 0.1) is 18.9 Å². The molecular formula is C10H12N4O. The molecule has 1 saturated heterocycles. The second-order valence-electron chi connectivity index (χ2n) is 3.30. The molecule has 1 fully saturated rings. The highest BCUT2D eigenvalue weighted by Gasteiger charge is 2.16. The summed E-state index contributed by atoms with van der Waals surface area (Å²) in [6, 6.07) is 3.91. The van der Waals surface area contributed by atoms with Gasteiger partial charge in [-0.2, -0.15) is 5.26 Å². The number of nitrogens with two attached hydrogens (primary N) is 1. The van der Waals surface area contributed by atoms with Crippen LogP contribution in [0.4, 0.5) is 11.5 Å². The van der Waals surface area contributed by atoms with Crippen LogP contribution in [0.2, 0.25) is 0 Å². The van der Waals surface area contributed by atoms with Crippen molar-refractivity contribution >= 4 is 11.5 Å². The number of morpholine rings is 1. The van der Waals surface area contributed by atoms with Crippen molar-refractivity contribution in [2.75, 3.05) is 36.9 Å². The lowest BCUT2D eigenvalue weighted by molar-refractivity contribution is 0.122. The summed E-state index contributed by atoms with van der Waals surface area (Å²) in [4.78, 5) is 6.00. The van der Waals surface area contributed by atoms with Crippen molar-refractivity contribution in [1.29, 1.82) is 5.26 Å². The van der Waals surface area contributed by atoms with E-state index in [1.165, 1.54) is 0 Å². The number of pyridine rings is 1. The van der Waals surface area contributed by atoms with Crippen molar-refractivity contribution in [3.05, 3.63) is 17.8 Å². The number of nitriles is 1. The van der Waals surface area contributed by atoms with E-state index in [9.17, 15) is 0 Å². The number of hydrogen-bond acceptors (Lipinski definition) is 5. The van der Waals surface area contributed by atoms with Gasteiger partial charge in [0.25, 0.3) is 0 Å². The lowest BCUT2D eigenvalue weighted by Gasteiger charge is -2.29. The first-order valence-corrected chi connectivity index (χ1v) is 4.80. The van der Waals surface area contributed by atoms with Crippen molar-refractivity contribution < 1.29 is 4.74 Å². The highest BCUT2D eigenvalue weighted by molar-refractivity contribution is 5.67. The van der Waals surface area contributed by atoms with E-state index < -0.39 is 0 Å². The van der Waals surface area contributed by atoms with Crippen LogP contribution in [0, 0.1) is 11.3 Å². The molecule has 0 aromatic carbocycles. The molecule has 2 N–H and O–H groups in total. The van der Waals surface area contributed by atoms with E-state index in [1.54, 1.807) is 6.20 Å². The number of nitrogens with zero attached hydrogens (tertiary/aromatic N) is 3. The third kappa shape index (κ3) is 1.85. The molecule has 0 saturated carbocycles. The average molecular weight is 204 g/mol. The monoisotopic (exact) mass is 204 g/mol. The van der Waals surface area contributed by atoms with E-state index in [2.05, 4.69) is 16.0 Å². The van der Waals surface area contributed by atoms with Gasteiger partial charge >= 0.3 is 0 Å². The topological polar surface area (TPSA) is 75.2 Å². The molecule has 0 spiro atoms. The number of hydrogen-bond donors (Lipinski definition) is 1. The second-order valence-corrected chi connectivity index (χ2v) is 3.30. The number of ether oxygens (including phenoxy) is 1. The molecule has 0 aliphatic carbocycles. The van der Waals surface area contributed by atoms with Gasteiger partial charge in [0.2, 0.25) is 0 Å². The van der Waals surface area contributed by atoms with Gasteiger partial charge in [-0.1, -0.05) is 0 Å². The van der Waals surface area contributed by atoms with Crippen molar-refractivity contribution in [2.24, 2.45) is 0 Å². The normalized spacial score (nSPS) is 16.1. The molecule has 1 aliphatic heterocycles. The molecule has 0 amide bonds. The molecule has 1 aliphatic rings. The van der Waals surface area contributed by atoms with Gasteiger partial charge in [-0.15, -0.1) is 0 Å². The Morgan fingerprint density at radius 1 is 1.47 bits per heavy atom. The zero-order valence-corrected chi connectivity index (χ0v) is 8.31. The largest absolute Gasteiger partial charge is 0.383 e. The van der Waals surface area contributed by atoms with E-state index >= 15 is 0 Å². The molecule has 1 aromatic rings. The summed E-state index contributed by atoms with van der Waals surface area (Å²) in [6.45, 7) is 2.95. The molecule has 5 heteroatoms. The molecule has 0 radical (unpaired) electrons. The Bertz CT molecular complexity index is 393. The lowest BCUT2D eigenvalue weighted by atomic mass is 10.2. The third-order valence-electron chi connectivity index (χ3n) is 2.42. The fraction of sp³-hybridized carbons (Fsp3) is 0.400. The number of anilines is 2. The summed E-state index contributed by atoms with van der Waals surface area (Å²) in [5.41, 5.74) is 6.96. The molecule has 78 valence electrons. The average Bonchev–Trinajstić information content (AvgIpc) is 2.30. The van der Waals surface area contributed by atoms with Crippen LogP contribution in [-0.4, -0.2) is 31.3 Å². The van der Waals surface area contributed by atoms with Crippen molar-refractivity contribution in [1.82, 2.24) is 4.98 Å². The first-order chi connectivity index (χ1) is 7.33. The van der Waals surface area contributed by atoms with Crippen LogP contribution in [0.5, 0.6) is 0 Å². The summed E-state index contributed by atoms with van der Waals surface area (Å²) < 4.78 is 5.25. The Morgan fingerprint density at radius 3 is 2.87 bits per heavy atom. The van der Waals surface area contributed by atoms with Gasteiger partial charge in [-0.25, -0.2) is 4.98 Å². The lowest BCUT2D eigenvalue weighted by Crippen LogP contribution is -2.36. The number of nitrogen functional groups attached to an aromatic ring is 1. The van der Waals surface area contributed by atoms with E-state index in [-0.39, 0.29) is 0 Å². The van der Waals surface area contributed by atoms with Gasteiger partial charge in [0, 0.05) is 19.3 Å². The fourth-order valence-electron chi connectivity index (χ4n) is 1.65. The molecule has 15 heavy (non-hydrogen) atoms. The van der Waals surface area contributed by atoms with E-state index in [1.807, 2.05) is 6.07 Å². The highest BCUT2D eigenvalue weighted by Crippen LogP contribution is 2.23. The molecular weight excluding hydrogens is 192 g/mol. The van der Waals surface area contributed by atoms with Crippen LogP contribution in [0.25, 0.3) is 0 Å². The van der Waals surface area contributed by atoms with E-state index in [0.717, 1.165) is 18.8 Å². The summed E-state index contributed by atoms with van der Waals surface area (Å²) in [5, 5.41) is 9.00. The van der Waals surface area contributed by atoms with Gasteiger partial charge < -0.3 is 15.4 Å². The first kappa shape index (κ1) is 9.74. The fourth-order valence-corrected chi connectivity index (χ4v) is 1.65. The molecule has 2 heterocycles. The predicted octanol–water partition coefficient (Wildman–Crippen LogP) is 0.372. The van der Waals surface area contributed by atoms with Gasteiger partial charge in [0.1, 0.15) is 17.5 Å². The number of aromatic nitrogens is 1. The Labute approximate surface area is 88.1 Å². The minimum absolute atomic E-state index is 0.293. The highest BCUT2D eigenvalue weighted by atomic mass is 16.5. The molecule has 0 unspecified atom stereocenters. The maximum atomic E-state index is 9.00. The Kier molecular flexibility index (Phi) is 2.70. The summed E-state index contributed by atoms with van der Waals surface area (Å²) in [5.74, 6) is 0.293. The summed E-state index contributed by atoms with van der Waals surface area (Å²) in [6.07, 6.45) is 1.63. The van der Waals surface area contributed by atoms with Gasteiger partial charge in [0.15, 0.2) is 0 Å². The standard InChI is InChI=1S/C10H12N4O/c11-7-8-9(1-2-13-10(8)12)14-3-5-15-6-4-14/h1-2H,3-6H2,(H2,12,13). The van der Waals surface area contributed by atoms with E-state index in [4.69, 9.17) is 15.7 Å². The Hall–Kier alpha value is -1.80. The summed E-state index contributed by atoms with van der Waals surface area (Å²) in [7, 11) is 0. The first-order valence-electron chi connectivity index (χ1n) is 4.80.